The molecule has 0 aromatic carbocycles. The summed E-state index contributed by atoms with van der Waals surface area (Å²) in [5, 5.41) is 6.71. The predicted octanol–water partition coefficient (Wildman–Crippen LogP) is 0.795. The third-order valence-corrected chi connectivity index (χ3v) is 2.18. The standard InChI is InChI=1S/C10H16ClN3O2/c1-14-9(3-6-13-14)10(15)12-5-2-7-16-8-4-11/h3,6H,2,4-5,7-8H2,1H3,(H,12,15). The number of nitrogens with zero attached hydrogens (tertiary/aromatic N) is 2. The Hall–Kier alpha value is -1.07. The summed E-state index contributed by atoms with van der Waals surface area (Å²) in [6, 6.07) is 1.68. The normalized spacial score (nSPS) is 10.4. The first-order valence-corrected chi connectivity index (χ1v) is 5.69. The summed E-state index contributed by atoms with van der Waals surface area (Å²) in [4.78, 5) is 11.6. The largest absolute Gasteiger partial charge is 0.380 e. The molecular formula is C10H16ClN3O2. The van der Waals surface area contributed by atoms with E-state index in [1.54, 1.807) is 24.0 Å². The van der Waals surface area contributed by atoms with E-state index in [1.165, 1.54) is 0 Å². The van der Waals surface area contributed by atoms with Crippen LogP contribution in [0.15, 0.2) is 12.3 Å². The molecule has 1 N–H and O–H groups in total. The molecule has 0 aliphatic heterocycles. The molecule has 1 aromatic heterocycles. The molecule has 1 rings (SSSR count). The molecule has 0 atom stereocenters. The lowest BCUT2D eigenvalue weighted by Gasteiger charge is -2.05. The maximum atomic E-state index is 11.6. The predicted molar refractivity (Wildman–Crippen MR) is 61.7 cm³/mol. The zero-order valence-corrected chi connectivity index (χ0v) is 10.0. The molecule has 1 heterocycles. The summed E-state index contributed by atoms with van der Waals surface area (Å²) in [5.41, 5.74) is 0.557. The quantitative estimate of drug-likeness (QED) is 0.571. The molecule has 1 aromatic rings. The van der Waals surface area contributed by atoms with E-state index in [0.29, 0.717) is 31.3 Å². The molecular weight excluding hydrogens is 230 g/mol. The van der Waals surface area contributed by atoms with Gasteiger partial charge in [0.1, 0.15) is 5.69 Å². The van der Waals surface area contributed by atoms with Crippen molar-refractivity contribution in [2.24, 2.45) is 7.05 Å². The fourth-order valence-electron chi connectivity index (χ4n) is 1.22. The highest BCUT2D eigenvalue weighted by atomic mass is 35.5. The lowest BCUT2D eigenvalue weighted by atomic mass is 10.3. The van der Waals surface area contributed by atoms with Crippen molar-refractivity contribution in [2.45, 2.75) is 6.42 Å². The van der Waals surface area contributed by atoms with Crippen LogP contribution in [0.3, 0.4) is 0 Å². The minimum atomic E-state index is -0.114. The SMILES string of the molecule is Cn1nccc1C(=O)NCCCOCCCl. The van der Waals surface area contributed by atoms with E-state index in [9.17, 15) is 4.79 Å². The van der Waals surface area contributed by atoms with Gasteiger partial charge in [0, 0.05) is 32.3 Å². The Labute approximate surface area is 99.7 Å². The lowest BCUT2D eigenvalue weighted by Crippen LogP contribution is -2.27. The lowest BCUT2D eigenvalue weighted by molar-refractivity contribution is 0.0935. The molecule has 0 fully saturated rings. The summed E-state index contributed by atoms with van der Waals surface area (Å²) in [7, 11) is 1.73. The van der Waals surface area contributed by atoms with Crippen LogP contribution < -0.4 is 5.32 Å². The third kappa shape index (κ3) is 4.20. The van der Waals surface area contributed by atoms with Crippen LogP contribution in [0.2, 0.25) is 0 Å². The number of hydrogen-bond donors (Lipinski definition) is 1. The van der Waals surface area contributed by atoms with Crippen LogP contribution in [0, 0.1) is 0 Å². The summed E-state index contributed by atoms with van der Waals surface area (Å²) < 4.78 is 6.72. The number of alkyl halides is 1. The van der Waals surface area contributed by atoms with Crippen LogP contribution in [0.5, 0.6) is 0 Å². The molecule has 5 nitrogen and oxygen atoms in total. The number of aromatic nitrogens is 2. The number of carbonyl (C=O) groups is 1. The molecule has 0 spiro atoms. The van der Waals surface area contributed by atoms with Crippen molar-refractivity contribution in [2.75, 3.05) is 25.6 Å². The van der Waals surface area contributed by atoms with Gasteiger partial charge in [-0.1, -0.05) is 0 Å². The Bertz CT molecular complexity index is 328. The van der Waals surface area contributed by atoms with Gasteiger partial charge in [-0.05, 0) is 12.5 Å². The fraction of sp³-hybridized carbons (Fsp3) is 0.600. The van der Waals surface area contributed by atoms with Gasteiger partial charge >= 0.3 is 0 Å². The maximum absolute atomic E-state index is 11.6. The van der Waals surface area contributed by atoms with E-state index in [-0.39, 0.29) is 5.91 Å². The smallest absolute Gasteiger partial charge is 0.269 e. The van der Waals surface area contributed by atoms with Gasteiger partial charge in [0.15, 0.2) is 0 Å². The maximum Gasteiger partial charge on any atom is 0.269 e. The second kappa shape index (κ2) is 7.24. The topological polar surface area (TPSA) is 56.2 Å². The van der Waals surface area contributed by atoms with Crippen LogP contribution in [-0.4, -0.2) is 41.3 Å². The Morgan fingerprint density at radius 3 is 3.06 bits per heavy atom. The van der Waals surface area contributed by atoms with Crippen molar-refractivity contribution >= 4 is 17.5 Å². The van der Waals surface area contributed by atoms with Crippen LogP contribution in [-0.2, 0) is 11.8 Å². The first-order valence-electron chi connectivity index (χ1n) is 5.15. The minimum Gasteiger partial charge on any atom is -0.380 e. The summed E-state index contributed by atoms with van der Waals surface area (Å²) in [6.07, 6.45) is 2.37. The highest BCUT2D eigenvalue weighted by Gasteiger charge is 2.07. The van der Waals surface area contributed by atoms with E-state index in [1.807, 2.05) is 0 Å². The molecule has 0 aliphatic rings. The average molecular weight is 246 g/mol. The Balaban J connectivity index is 2.14. The van der Waals surface area contributed by atoms with Gasteiger partial charge in [0.05, 0.1) is 6.61 Å². The van der Waals surface area contributed by atoms with Crippen molar-refractivity contribution < 1.29 is 9.53 Å². The first-order chi connectivity index (χ1) is 7.75. The van der Waals surface area contributed by atoms with Gasteiger partial charge in [0.2, 0.25) is 0 Å². The zero-order valence-electron chi connectivity index (χ0n) is 9.28. The highest BCUT2D eigenvalue weighted by molar-refractivity contribution is 6.17. The summed E-state index contributed by atoms with van der Waals surface area (Å²) in [6.45, 7) is 1.75. The van der Waals surface area contributed by atoms with Crippen molar-refractivity contribution in [3.8, 4) is 0 Å². The van der Waals surface area contributed by atoms with Crippen LogP contribution in [0.25, 0.3) is 0 Å². The Kier molecular flexibility index (Phi) is 5.88. The van der Waals surface area contributed by atoms with Crippen molar-refractivity contribution in [3.63, 3.8) is 0 Å². The molecule has 1 amide bonds. The number of rotatable bonds is 7. The molecule has 0 radical (unpaired) electrons. The molecule has 6 heteroatoms. The number of hydrogen-bond acceptors (Lipinski definition) is 3. The van der Waals surface area contributed by atoms with Crippen molar-refractivity contribution in [1.29, 1.82) is 0 Å². The molecule has 0 saturated carbocycles. The zero-order chi connectivity index (χ0) is 11.8. The van der Waals surface area contributed by atoms with Gasteiger partial charge in [-0.3, -0.25) is 9.48 Å². The molecule has 90 valence electrons. The summed E-state index contributed by atoms with van der Waals surface area (Å²) in [5.74, 6) is 0.388. The van der Waals surface area contributed by atoms with Crippen LogP contribution in [0.4, 0.5) is 0 Å². The Morgan fingerprint density at radius 2 is 2.44 bits per heavy atom. The number of carbonyl (C=O) groups excluding carboxylic acids is 1. The van der Waals surface area contributed by atoms with Gasteiger partial charge in [-0.2, -0.15) is 5.10 Å². The van der Waals surface area contributed by atoms with Gasteiger partial charge in [0.25, 0.3) is 5.91 Å². The van der Waals surface area contributed by atoms with E-state index in [2.05, 4.69) is 10.4 Å². The highest BCUT2D eigenvalue weighted by Crippen LogP contribution is 1.95. The van der Waals surface area contributed by atoms with E-state index < -0.39 is 0 Å². The summed E-state index contributed by atoms with van der Waals surface area (Å²) >= 11 is 5.45. The average Bonchev–Trinajstić information content (AvgIpc) is 2.69. The van der Waals surface area contributed by atoms with Crippen LogP contribution in [0.1, 0.15) is 16.9 Å². The first kappa shape index (κ1) is 13.0. The van der Waals surface area contributed by atoms with E-state index in [0.717, 1.165) is 6.42 Å². The molecule has 0 saturated heterocycles. The number of aryl methyl sites for hydroxylation is 1. The second-order valence-electron chi connectivity index (χ2n) is 3.25. The van der Waals surface area contributed by atoms with E-state index in [4.69, 9.17) is 16.3 Å². The number of nitrogens with one attached hydrogen (secondary N) is 1. The minimum absolute atomic E-state index is 0.114. The molecule has 0 unspecified atom stereocenters. The monoisotopic (exact) mass is 245 g/mol. The van der Waals surface area contributed by atoms with E-state index >= 15 is 0 Å². The number of ether oxygens (including phenoxy) is 1. The van der Waals surface area contributed by atoms with Gasteiger partial charge in [-0.15, -0.1) is 11.6 Å². The van der Waals surface area contributed by atoms with Gasteiger partial charge < -0.3 is 10.1 Å². The third-order valence-electron chi connectivity index (χ3n) is 2.03. The van der Waals surface area contributed by atoms with Gasteiger partial charge in [-0.25, -0.2) is 0 Å². The fourth-order valence-corrected chi connectivity index (χ4v) is 1.33. The molecule has 16 heavy (non-hydrogen) atoms. The van der Waals surface area contributed by atoms with Crippen molar-refractivity contribution in [3.05, 3.63) is 18.0 Å². The van der Waals surface area contributed by atoms with Crippen LogP contribution >= 0.6 is 11.6 Å². The molecule has 0 bridgehead atoms. The second-order valence-corrected chi connectivity index (χ2v) is 3.63. The number of halogens is 1. The van der Waals surface area contributed by atoms with Crippen molar-refractivity contribution in [1.82, 2.24) is 15.1 Å². The Morgan fingerprint density at radius 1 is 1.62 bits per heavy atom. The molecule has 0 aliphatic carbocycles. The number of amides is 1.